The Balaban J connectivity index is 2.66. The van der Waals surface area contributed by atoms with Crippen LogP contribution in [0.25, 0.3) is 11.3 Å². The Morgan fingerprint density at radius 3 is 1.85 bits per heavy atom. The van der Waals surface area contributed by atoms with Gasteiger partial charge in [0, 0.05) is 11.8 Å². The Hall–Kier alpha value is -1.63. The SMILES string of the molecule is Cc1cc(C)c(-c2cc(C(C)(C)C)c(C)cn2)c(C)c1. The summed E-state index contributed by atoms with van der Waals surface area (Å²) in [5.41, 5.74) is 9.08. The molecule has 0 amide bonds. The van der Waals surface area contributed by atoms with E-state index in [-0.39, 0.29) is 5.41 Å². The van der Waals surface area contributed by atoms with Crippen molar-refractivity contribution in [3.8, 4) is 11.3 Å². The van der Waals surface area contributed by atoms with Crippen molar-refractivity contribution in [3.63, 3.8) is 0 Å². The maximum Gasteiger partial charge on any atom is 0.0710 e. The Morgan fingerprint density at radius 1 is 0.800 bits per heavy atom. The molecule has 0 N–H and O–H groups in total. The van der Waals surface area contributed by atoms with E-state index in [0.717, 1.165) is 5.69 Å². The standard InChI is InChI=1S/C19H25N/c1-12-8-13(2)18(14(3)9-12)17-10-16(19(5,6)7)15(4)11-20-17/h8-11H,1-7H3. The number of nitrogens with zero attached hydrogens (tertiary/aromatic N) is 1. The zero-order chi connectivity index (χ0) is 15.1. The third kappa shape index (κ3) is 2.77. The molecule has 0 aliphatic heterocycles. The highest BCUT2D eigenvalue weighted by molar-refractivity contribution is 5.69. The smallest absolute Gasteiger partial charge is 0.0710 e. The summed E-state index contributed by atoms with van der Waals surface area (Å²) >= 11 is 0. The predicted molar refractivity (Wildman–Crippen MR) is 87.3 cm³/mol. The Labute approximate surface area is 123 Å². The summed E-state index contributed by atoms with van der Waals surface area (Å²) < 4.78 is 0. The van der Waals surface area contributed by atoms with Crippen LogP contribution in [0.2, 0.25) is 0 Å². The molecular formula is C19H25N. The van der Waals surface area contributed by atoms with Crippen LogP contribution in [0.5, 0.6) is 0 Å². The molecule has 0 unspecified atom stereocenters. The highest BCUT2D eigenvalue weighted by Crippen LogP contribution is 2.32. The molecule has 1 aromatic carbocycles. The molecule has 1 heterocycles. The second kappa shape index (κ2) is 5.05. The van der Waals surface area contributed by atoms with Crippen molar-refractivity contribution < 1.29 is 0 Å². The van der Waals surface area contributed by atoms with E-state index in [4.69, 9.17) is 0 Å². The summed E-state index contributed by atoms with van der Waals surface area (Å²) in [6.07, 6.45) is 2.01. The molecule has 0 fully saturated rings. The monoisotopic (exact) mass is 267 g/mol. The third-order valence-electron chi connectivity index (χ3n) is 3.84. The number of pyridine rings is 1. The fourth-order valence-electron chi connectivity index (χ4n) is 3.05. The van der Waals surface area contributed by atoms with E-state index >= 15 is 0 Å². The van der Waals surface area contributed by atoms with Gasteiger partial charge in [-0.05, 0) is 61.4 Å². The molecule has 2 rings (SSSR count). The van der Waals surface area contributed by atoms with E-state index in [1.807, 2.05) is 6.20 Å². The fraction of sp³-hybridized carbons (Fsp3) is 0.421. The molecule has 20 heavy (non-hydrogen) atoms. The third-order valence-corrected chi connectivity index (χ3v) is 3.84. The van der Waals surface area contributed by atoms with Crippen LogP contribution in [0.3, 0.4) is 0 Å². The van der Waals surface area contributed by atoms with Gasteiger partial charge in [0.05, 0.1) is 5.69 Å². The highest BCUT2D eigenvalue weighted by atomic mass is 14.7. The van der Waals surface area contributed by atoms with Crippen molar-refractivity contribution in [2.75, 3.05) is 0 Å². The number of aryl methyl sites for hydroxylation is 4. The average Bonchev–Trinajstić information content (AvgIpc) is 2.28. The number of benzene rings is 1. The van der Waals surface area contributed by atoms with Gasteiger partial charge in [-0.3, -0.25) is 4.98 Å². The van der Waals surface area contributed by atoms with Gasteiger partial charge in [-0.2, -0.15) is 0 Å². The van der Waals surface area contributed by atoms with Gasteiger partial charge in [-0.15, -0.1) is 0 Å². The van der Waals surface area contributed by atoms with Crippen molar-refractivity contribution in [2.45, 2.75) is 53.9 Å². The van der Waals surface area contributed by atoms with Crippen LogP contribution >= 0.6 is 0 Å². The van der Waals surface area contributed by atoms with Gasteiger partial charge in [0.15, 0.2) is 0 Å². The van der Waals surface area contributed by atoms with Crippen LogP contribution in [0.15, 0.2) is 24.4 Å². The Kier molecular flexibility index (Phi) is 3.73. The lowest BCUT2D eigenvalue weighted by molar-refractivity contribution is 0.585. The summed E-state index contributed by atoms with van der Waals surface area (Å²) in [7, 11) is 0. The second-order valence-electron chi connectivity index (χ2n) is 6.91. The minimum atomic E-state index is 0.147. The van der Waals surface area contributed by atoms with Gasteiger partial charge in [-0.25, -0.2) is 0 Å². The molecule has 0 bridgehead atoms. The summed E-state index contributed by atoms with van der Waals surface area (Å²) in [6, 6.07) is 6.74. The number of rotatable bonds is 1. The van der Waals surface area contributed by atoms with E-state index in [1.54, 1.807) is 0 Å². The molecule has 0 saturated carbocycles. The van der Waals surface area contributed by atoms with E-state index < -0.39 is 0 Å². The molecule has 2 aromatic rings. The van der Waals surface area contributed by atoms with Gasteiger partial charge in [0.2, 0.25) is 0 Å². The Morgan fingerprint density at radius 2 is 1.35 bits per heavy atom. The quantitative estimate of drug-likeness (QED) is 0.685. The summed E-state index contributed by atoms with van der Waals surface area (Å²) in [6.45, 7) is 15.4. The van der Waals surface area contributed by atoms with Crippen molar-refractivity contribution in [1.29, 1.82) is 0 Å². The molecule has 0 spiro atoms. The normalized spacial score (nSPS) is 11.8. The number of hydrogen-bond acceptors (Lipinski definition) is 1. The van der Waals surface area contributed by atoms with E-state index in [1.165, 1.54) is 33.4 Å². The molecule has 0 radical (unpaired) electrons. The predicted octanol–water partition coefficient (Wildman–Crippen LogP) is 5.28. The van der Waals surface area contributed by atoms with Crippen LogP contribution < -0.4 is 0 Å². The van der Waals surface area contributed by atoms with Crippen LogP contribution in [-0.4, -0.2) is 4.98 Å². The van der Waals surface area contributed by atoms with E-state index in [9.17, 15) is 0 Å². The Bertz CT molecular complexity index is 622. The first-order chi connectivity index (χ1) is 9.20. The molecule has 0 aliphatic rings. The lowest BCUT2D eigenvalue weighted by Gasteiger charge is -2.23. The maximum atomic E-state index is 4.67. The lowest BCUT2D eigenvalue weighted by Crippen LogP contribution is -2.13. The first-order valence-electron chi connectivity index (χ1n) is 7.25. The van der Waals surface area contributed by atoms with E-state index in [2.05, 4.69) is 71.6 Å². The fourth-order valence-corrected chi connectivity index (χ4v) is 3.05. The summed E-state index contributed by atoms with van der Waals surface area (Å²) in [5, 5.41) is 0. The molecular weight excluding hydrogens is 242 g/mol. The van der Waals surface area contributed by atoms with Crippen LogP contribution in [0.4, 0.5) is 0 Å². The number of aromatic nitrogens is 1. The number of hydrogen-bond donors (Lipinski definition) is 0. The zero-order valence-corrected chi connectivity index (χ0v) is 13.8. The van der Waals surface area contributed by atoms with Crippen LogP contribution in [0.1, 0.15) is 48.6 Å². The molecule has 0 saturated heterocycles. The first kappa shape index (κ1) is 14.8. The van der Waals surface area contributed by atoms with Gasteiger partial charge in [0.25, 0.3) is 0 Å². The van der Waals surface area contributed by atoms with Gasteiger partial charge < -0.3 is 0 Å². The largest absolute Gasteiger partial charge is 0.256 e. The van der Waals surface area contributed by atoms with Gasteiger partial charge >= 0.3 is 0 Å². The minimum absolute atomic E-state index is 0.147. The van der Waals surface area contributed by atoms with Crippen molar-refractivity contribution in [1.82, 2.24) is 4.98 Å². The summed E-state index contributed by atoms with van der Waals surface area (Å²) in [5.74, 6) is 0. The molecule has 1 heteroatoms. The molecule has 0 atom stereocenters. The zero-order valence-electron chi connectivity index (χ0n) is 13.8. The van der Waals surface area contributed by atoms with Crippen molar-refractivity contribution in [3.05, 3.63) is 52.2 Å². The molecule has 106 valence electrons. The van der Waals surface area contributed by atoms with Gasteiger partial charge in [-0.1, -0.05) is 38.5 Å². The van der Waals surface area contributed by atoms with Crippen LogP contribution in [0, 0.1) is 27.7 Å². The van der Waals surface area contributed by atoms with Crippen LogP contribution in [-0.2, 0) is 5.41 Å². The van der Waals surface area contributed by atoms with Crippen molar-refractivity contribution >= 4 is 0 Å². The van der Waals surface area contributed by atoms with Crippen molar-refractivity contribution in [2.24, 2.45) is 0 Å². The summed E-state index contributed by atoms with van der Waals surface area (Å²) in [4.78, 5) is 4.67. The average molecular weight is 267 g/mol. The minimum Gasteiger partial charge on any atom is -0.256 e. The maximum absolute atomic E-state index is 4.67. The molecule has 1 nitrogen and oxygen atoms in total. The van der Waals surface area contributed by atoms with Gasteiger partial charge in [0.1, 0.15) is 0 Å². The topological polar surface area (TPSA) is 12.9 Å². The molecule has 0 aliphatic carbocycles. The second-order valence-corrected chi connectivity index (χ2v) is 6.91. The van der Waals surface area contributed by atoms with E-state index in [0.29, 0.717) is 0 Å². The molecule has 1 aromatic heterocycles. The highest BCUT2D eigenvalue weighted by Gasteiger charge is 2.18. The lowest BCUT2D eigenvalue weighted by atomic mass is 9.83. The first-order valence-corrected chi connectivity index (χ1v) is 7.25.